The summed E-state index contributed by atoms with van der Waals surface area (Å²) in [6, 6.07) is 7.97. The van der Waals surface area contributed by atoms with E-state index in [2.05, 4.69) is 27.9 Å². The Morgan fingerprint density at radius 2 is 2.08 bits per heavy atom. The van der Waals surface area contributed by atoms with Crippen molar-refractivity contribution in [3.8, 4) is 0 Å². The van der Waals surface area contributed by atoms with Gasteiger partial charge in [-0.25, -0.2) is 9.97 Å². The van der Waals surface area contributed by atoms with Gasteiger partial charge in [0.15, 0.2) is 11.8 Å². The lowest BCUT2D eigenvalue weighted by Gasteiger charge is -2.11. The van der Waals surface area contributed by atoms with E-state index in [4.69, 9.17) is 26.6 Å². The van der Waals surface area contributed by atoms with E-state index in [9.17, 15) is 0 Å². The van der Waals surface area contributed by atoms with Crippen LogP contribution in [-0.2, 0) is 17.7 Å². The molecule has 0 bridgehead atoms. The topological polar surface area (TPSA) is 128 Å². The number of nitrogens with one attached hydrogen (secondary N) is 2. The van der Waals surface area contributed by atoms with Crippen LogP contribution in [0.25, 0.3) is 21.9 Å². The zero-order valence-corrected chi connectivity index (χ0v) is 15.0. The van der Waals surface area contributed by atoms with Gasteiger partial charge in [-0.05, 0) is 12.5 Å². The molecule has 8 nitrogen and oxygen atoms in total. The summed E-state index contributed by atoms with van der Waals surface area (Å²) in [6.45, 7) is 4.35. The summed E-state index contributed by atoms with van der Waals surface area (Å²) >= 11 is 0. The number of pyridine rings is 1. The van der Waals surface area contributed by atoms with Gasteiger partial charge in [-0.1, -0.05) is 25.1 Å². The van der Waals surface area contributed by atoms with Crippen molar-refractivity contribution in [3.63, 3.8) is 0 Å². The van der Waals surface area contributed by atoms with Crippen molar-refractivity contribution in [1.29, 1.82) is 5.41 Å². The first-order valence-corrected chi connectivity index (χ1v) is 8.80. The van der Waals surface area contributed by atoms with Gasteiger partial charge < -0.3 is 26.1 Å². The molecule has 0 atom stereocenters. The first-order valence-electron chi connectivity index (χ1n) is 8.80. The molecule has 0 aliphatic rings. The first kappa shape index (κ1) is 17.9. The molecule has 0 radical (unpaired) electrons. The van der Waals surface area contributed by atoms with E-state index in [1.54, 1.807) is 0 Å². The second kappa shape index (κ2) is 8.01. The van der Waals surface area contributed by atoms with Crippen LogP contribution in [-0.4, -0.2) is 40.3 Å². The minimum atomic E-state index is -0.0473. The number of nitrogens with two attached hydrogens (primary N) is 2. The third-order valence-electron chi connectivity index (χ3n) is 4.18. The molecule has 0 saturated heterocycles. The van der Waals surface area contributed by atoms with Crippen LogP contribution in [0, 0.1) is 5.41 Å². The van der Waals surface area contributed by atoms with Gasteiger partial charge in [-0.2, -0.15) is 0 Å². The zero-order valence-electron chi connectivity index (χ0n) is 15.0. The maximum absolute atomic E-state index is 7.13. The van der Waals surface area contributed by atoms with Crippen LogP contribution in [0.15, 0.2) is 24.3 Å². The fraction of sp³-hybridized carbons (Fsp3) is 0.389. The minimum absolute atomic E-state index is 0.0473. The molecule has 0 spiro atoms. The lowest BCUT2D eigenvalue weighted by atomic mass is 10.2. The van der Waals surface area contributed by atoms with Gasteiger partial charge >= 0.3 is 0 Å². The summed E-state index contributed by atoms with van der Waals surface area (Å²) in [6.07, 6.45) is 1.87. The largest absolute Gasteiger partial charge is 0.382 e. The number of aromatic nitrogens is 3. The van der Waals surface area contributed by atoms with E-state index in [0.717, 1.165) is 40.6 Å². The first-order chi connectivity index (χ1) is 12.6. The molecule has 6 N–H and O–H groups in total. The third kappa shape index (κ3) is 3.70. The molecule has 2 heterocycles. The van der Waals surface area contributed by atoms with Crippen molar-refractivity contribution >= 4 is 33.7 Å². The lowest BCUT2D eigenvalue weighted by Crippen LogP contribution is -2.33. The Kier molecular flexibility index (Phi) is 5.52. The molecule has 0 saturated carbocycles. The Morgan fingerprint density at radius 3 is 2.85 bits per heavy atom. The number of nitrogens with zero attached hydrogens (tertiary/aromatic N) is 3. The monoisotopic (exact) mass is 355 g/mol. The van der Waals surface area contributed by atoms with E-state index in [0.29, 0.717) is 32.1 Å². The van der Waals surface area contributed by atoms with E-state index >= 15 is 0 Å². The maximum atomic E-state index is 7.13. The molecule has 0 fully saturated rings. The van der Waals surface area contributed by atoms with Crippen LogP contribution in [0.5, 0.6) is 0 Å². The quantitative estimate of drug-likeness (QED) is 0.276. The number of hydrogen-bond donors (Lipinski definition) is 4. The van der Waals surface area contributed by atoms with Crippen molar-refractivity contribution in [2.45, 2.75) is 26.3 Å². The summed E-state index contributed by atoms with van der Waals surface area (Å²) in [4.78, 5) is 9.24. The fourth-order valence-corrected chi connectivity index (χ4v) is 3.08. The normalized spacial score (nSPS) is 11.3. The Bertz CT molecular complexity index is 919. The Balaban J connectivity index is 1.89. The van der Waals surface area contributed by atoms with E-state index in [1.165, 1.54) is 0 Å². The summed E-state index contributed by atoms with van der Waals surface area (Å²) < 4.78 is 7.86. The number of ether oxygens (including phenoxy) is 1. The number of anilines is 1. The van der Waals surface area contributed by atoms with Crippen LogP contribution >= 0.6 is 0 Å². The highest BCUT2D eigenvalue weighted by molar-refractivity contribution is 6.06. The smallest absolute Gasteiger partial charge is 0.185 e. The molecule has 3 aromatic rings. The highest BCUT2D eigenvalue weighted by Gasteiger charge is 2.16. The molecule has 0 amide bonds. The van der Waals surface area contributed by atoms with Gasteiger partial charge in [0.05, 0.1) is 24.2 Å². The Morgan fingerprint density at radius 1 is 1.27 bits per heavy atom. The van der Waals surface area contributed by atoms with Crippen LogP contribution in [0.3, 0.4) is 0 Å². The highest BCUT2D eigenvalue weighted by Crippen LogP contribution is 2.29. The predicted octanol–water partition coefficient (Wildman–Crippen LogP) is 1.62. The van der Waals surface area contributed by atoms with E-state index < -0.39 is 0 Å². The van der Waals surface area contributed by atoms with Gasteiger partial charge in [0.25, 0.3) is 0 Å². The maximum Gasteiger partial charge on any atom is 0.185 e. The average Bonchev–Trinajstić information content (AvgIpc) is 2.97. The second-order valence-corrected chi connectivity index (χ2v) is 6.09. The van der Waals surface area contributed by atoms with Gasteiger partial charge in [-0.15, -0.1) is 0 Å². The number of aryl methyl sites for hydroxylation is 1. The SMILES string of the molecule is CCCc1nc2c(N)nc3ccccc3c2n1CCOCCNC(=N)N. The lowest BCUT2D eigenvalue weighted by molar-refractivity contribution is 0.131. The fourth-order valence-electron chi connectivity index (χ4n) is 3.08. The van der Waals surface area contributed by atoms with Crippen LogP contribution in [0.1, 0.15) is 19.2 Å². The van der Waals surface area contributed by atoms with E-state index in [1.807, 2.05) is 18.2 Å². The number of para-hydroxylation sites is 1. The third-order valence-corrected chi connectivity index (χ3v) is 4.18. The van der Waals surface area contributed by atoms with Crippen molar-refractivity contribution in [2.24, 2.45) is 5.73 Å². The van der Waals surface area contributed by atoms with Crippen molar-refractivity contribution < 1.29 is 4.74 Å². The molecule has 2 aromatic heterocycles. The number of nitrogen functional groups attached to an aromatic ring is 1. The Labute approximate surface area is 152 Å². The van der Waals surface area contributed by atoms with Crippen molar-refractivity contribution in [2.75, 3.05) is 25.5 Å². The van der Waals surface area contributed by atoms with Gasteiger partial charge in [-0.3, -0.25) is 5.41 Å². The molecular weight excluding hydrogens is 330 g/mol. The molecule has 8 heteroatoms. The molecule has 0 aliphatic heterocycles. The van der Waals surface area contributed by atoms with Crippen molar-refractivity contribution in [1.82, 2.24) is 19.9 Å². The summed E-state index contributed by atoms with van der Waals surface area (Å²) in [7, 11) is 0. The van der Waals surface area contributed by atoms with Gasteiger partial charge in [0.2, 0.25) is 0 Å². The summed E-state index contributed by atoms with van der Waals surface area (Å²) in [5, 5.41) is 10.9. The number of hydrogen-bond acceptors (Lipinski definition) is 5. The van der Waals surface area contributed by atoms with Crippen LogP contribution in [0.2, 0.25) is 0 Å². The summed E-state index contributed by atoms with van der Waals surface area (Å²) in [5.74, 6) is 1.41. The Hall–Kier alpha value is -2.87. The molecule has 138 valence electrons. The number of guanidine groups is 1. The van der Waals surface area contributed by atoms with Gasteiger partial charge in [0.1, 0.15) is 11.3 Å². The number of imidazole rings is 1. The zero-order chi connectivity index (χ0) is 18.5. The molecule has 3 rings (SSSR count). The minimum Gasteiger partial charge on any atom is -0.382 e. The highest BCUT2D eigenvalue weighted by atomic mass is 16.5. The molecule has 0 unspecified atom stereocenters. The number of rotatable bonds is 8. The number of benzene rings is 1. The molecule has 26 heavy (non-hydrogen) atoms. The second-order valence-electron chi connectivity index (χ2n) is 6.09. The molecular formula is C18H25N7O. The van der Waals surface area contributed by atoms with Crippen LogP contribution in [0.4, 0.5) is 5.82 Å². The van der Waals surface area contributed by atoms with Crippen molar-refractivity contribution in [3.05, 3.63) is 30.1 Å². The molecule has 0 aliphatic carbocycles. The van der Waals surface area contributed by atoms with Gasteiger partial charge in [0, 0.05) is 24.9 Å². The van der Waals surface area contributed by atoms with E-state index in [-0.39, 0.29) is 5.96 Å². The predicted molar refractivity (Wildman–Crippen MR) is 104 cm³/mol. The standard InChI is InChI=1S/C18H25N7O/c1-2-5-14-24-15-16(12-6-3-4-7-13(12)23-17(15)19)25(14)9-11-26-10-8-22-18(20)21/h3-4,6-7H,2,5,8-11H2,1H3,(H2,19,23)(H4,20,21,22). The molecule has 1 aromatic carbocycles. The average molecular weight is 355 g/mol. The van der Waals surface area contributed by atoms with Crippen LogP contribution < -0.4 is 16.8 Å². The summed E-state index contributed by atoms with van der Waals surface area (Å²) in [5.41, 5.74) is 14.1. The number of fused-ring (bicyclic) bond motifs is 3.